The predicted molar refractivity (Wildman–Crippen MR) is 90.1 cm³/mol. The highest BCUT2D eigenvalue weighted by molar-refractivity contribution is 9.10. The number of halogens is 1. The Labute approximate surface area is 141 Å². The van der Waals surface area contributed by atoms with Gasteiger partial charge in [0.25, 0.3) is 5.91 Å². The summed E-state index contributed by atoms with van der Waals surface area (Å²) in [4.78, 5) is 17.0. The van der Waals surface area contributed by atoms with E-state index in [-0.39, 0.29) is 5.91 Å². The van der Waals surface area contributed by atoms with Crippen LogP contribution in [0.5, 0.6) is 0 Å². The molecule has 4 nitrogen and oxygen atoms in total. The molecular formula is C17H25BrN2O2. The number of carbonyl (C=O) groups excluding carboxylic acids is 1. The van der Waals surface area contributed by atoms with Crippen LogP contribution in [0.2, 0.25) is 0 Å². The van der Waals surface area contributed by atoms with Crippen LogP contribution >= 0.6 is 15.9 Å². The molecule has 1 saturated carbocycles. The second kappa shape index (κ2) is 7.18. The fourth-order valence-corrected chi connectivity index (χ4v) is 4.17. The molecule has 0 spiro atoms. The average Bonchev–Trinajstić information content (AvgIpc) is 2.87. The Bertz CT molecular complexity index is 515. The molecule has 22 heavy (non-hydrogen) atoms. The summed E-state index contributed by atoms with van der Waals surface area (Å²) in [6.45, 7) is 6.73. The van der Waals surface area contributed by atoms with Gasteiger partial charge >= 0.3 is 0 Å². The van der Waals surface area contributed by atoms with Gasteiger partial charge in [0.1, 0.15) is 0 Å². The minimum Gasteiger partial charge on any atom is -0.444 e. The molecule has 1 amide bonds. The Hall–Kier alpha value is -0.810. The lowest BCUT2D eigenvalue weighted by atomic mass is 9.89. The fourth-order valence-electron chi connectivity index (χ4n) is 3.67. The average molecular weight is 369 g/mol. The first-order chi connectivity index (χ1) is 10.6. The predicted octanol–water partition coefficient (Wildman–Crippen LogP) is 3.69. The van der Waals surface area contributed by atoms with E-state index < -0.39 is 0 Å². The summed E-state index contributed by atoms with van der Waals surface area (Å²) in [5.74, 6) is 1.38. The Morgan fingerprint density at radius 3 is 2.50 bits per heavy atom. The lowest BCUT2D eigenvalue weighted by molar-refractivity contribution is 0.0574. The molecule has 1 aliphatic carbocycles. The third-order valence-electron chi connectivity index (χ3n) is 4.98. The summed E-state index contributed by atoms with van der Waals surface area (Å²) >= 11 is 3.29. The van der Waals surface area contributed by atoms with Gasteiger partial charge in [0, 0.05) is 38.3 Å². The van der Waals surface area contributed by atoms with E-state index in [4.69, 9.17) is 4.42 Å². The van der Waals surface area contributed by atoms with Crippen molar-refractivity contribution in [1.29, 1.82) is 0 Å². The molecule has 0 radical (unpaired) electrons. The molecule has 122 valence electrons. The van der Waals surface area contributed by atoms with Crippen LogP contribution in [0.1, 0.15) is 48.2 Å². The third-order valence-corrected chi connectivity index (χ3v) is 5.37. The van der Waals surface area contributed by atoms with Crippen molar-refractivity contribution in [3.8, 4) is 0 Å². The number of hydrogen-bond acceptors (Lipinski definition) is 3. The number of furan rings is 1. The van der Waals surface area contributed by atoms with Gasteiger partial charge in [-0.2, -0.15) is 0 Å². The fraction of sp³-hybridized carbons (Fsp3) is 0.706. The second-order valence-electron chi connectivity index (χ2n) is 6.66. The minimum atomic E-state index is 0.0283. The van der Waals surface area contributed by atoms with Crippen molar-refractivity contribution < 1.29 is 9.21 Å². The molecule has 1 aromatic rings. The van der Waals surface area contributed by atoms with Crippen LogP contribution < -0.4 is 0 Å². The highest BCUT2D eigenvalue weighted by Gasteiger charge is 2.27. The second-order valence-corrected chi connectivity index (χ2v) is 7.44. The van der Waals surface area contributed by atoms with Gasteiger partial charge in [0.2, 0.25) is 0 Å². The van der Waals surface area contributed by atoms with Crippen molar-refractivity contribution in [2.75, 3.05) is 32.7 Å². The van der Waals surface area contributed by atoms with E-state index in [1.54, 1.807) is 0 Å². The Balaban J connectivity index is 1.50. The molecular weight excluding hydrogens is 344 g/mol. The number of hydrogen-bond donors (Lipinski definition) is 0. The summed E-state index contributed by atoms with van der Waals surface area (Å²) in [5.41, 5.74) is 0.904. The van der Waals surface area contributed by atoms with Gasteiger partial charge in [-0.05, 0) is 47.7 Å². The summed E-state index contributed by atoms with van der Waals surface area (Å²) in [7, 11) is 0. The van der Waals surface area contributed by atoms with Gasteiger partial charge < -0.3 is 9.32 Å². The molecule has 1 aromatic heterocycles. The van der Waals surface area contributed by atoms with Crippen LogP contribution in [0.15, 0.2) is 15.2 Å². The van der Waals surface area contributed by atoms with Gasteiger partial charge in [0.05, 0.1) is 0 Å². The maximum atomic E-state index is 12.5. The zero-order chi connectivity index (χ0) is 15.5. The molecule has 1 aliphatic heterocycles. The molecule has 5 heteroatoms. The van der Waals surface area contributed by atoms with E-state index in [1.807, 2.05) is 17.9 Å². The molecule has 0 bridgehead atoms. The highest BCUT2D eigenvalue weighted by atomic mass is 79.9. The first-order valence-electron chi connectivity index (χ1n) is 8.41. The van der Waals surface area contributed by atoms with Crippen molar-refractivity contribution in [2.45, 2.75) is 39.0 Å². The normalized spacial score (nSPS) is 21.3. The third kappa shape index (κ3) is 3.74. The number of rotatable bonds is 3. The quantitative estimate of drug-likeness (QED) is 0.816. The molecule has 3 rings (SSSR count). The number of amides is 1. The molecule has 2 heterocycles. The minimum absolute atomic E-state index is 0.0283. The number of carbonyl (C=O) groups is 1. The van der Waals surface area contributed by atoms with Crippen molar-refractivity contribution in [2.24, 2.45) is 5.92 Å². The van der Waals surface area contributed by atoms with E-state index in [2.05, 4.69) is 20.8 Å². The van der Waals surface area contributed by atoms with E-state index in [0.29, 0.717) is 10.4 Å². The first-order valence-corrected chi connectivity index (χ1v) is 9.20. The molecule has 0 N–H and O–H groups in total. The van der Waals surface area contributed by atoms with Crippen LogP contribution in [0.3, 0.4) is 0 Å². The van der Waals surface area contributed by atoms with Gasteiger partial charge in [-0.15, -0.1) is 0 Å². The van der Waals surface area contributed by atoms with Crippen LogP contribution in [0.4, 0.5) is 0 Å². The molecule has 2 aliphatic rings. The number of piperazine rings is 1. The molecule has 0 aromatic carbocycles. The van der Waals surface area contributed by atoms with Crippen molar-refractivity contribution >= 4 is 21.8 Å². The molecule has 1 saturated heterocycles. The summed E-state index contributed by atoms with van der Waals surface area (Å²) in [6, 6.07) is 1.85. The van der Waals surface area contributed by atoms with Crippen molar-refractivity contribution in [1.82, 2.24) is 9.80 Å². The molecule has 0 unspecified atom stereocenters. The van der Waals surface area contributed by atoms with Crippen LogP contribution in [-0.4, -0.2) is 48.4 Å². The lowest BCUT2D eigenvalue weighted by Crippen LogP contribution is -2.49. The van der Waals surface area contributed by atoms with Crippen molar-refractivity contribution in [3.63, 3.8) is 0 Å². The van der Waals surface area contributed by atoms with E-state index >= 15 is 0 Å². The van der Waals surface area contributed by atoms with Gasteiger partial charge in [-0.1, -0.05) is 19.3 Å². The standard InChI is InChI=1S/C17H25BrN2O2/c1-13-11-15(18)22-16(13)17(21)20-9-7-19(8-10-20)12-14-5-3-2-4-6-14/h11,14H,2-10,12H2,1H3. The smallest absolute Gasteiger partial charge is 0.289 e. The van der Waals surface area contributed by atoms with Crippen LogP contribution in [0, 0.1) is 12.8 Å². The molecule has 2 fully saturated rings. The van der Waals surface area contributed by atoms with Gasteiger partial charge in [-0.3, -0.25) is 9.69 Å². The number of nitrogens with zero attached hydrogens (tertiary/aromatic N) is 2. The Morgan fingerprint density at radius 2 is 1.91 bits per heavy atom. The SMILES string of the molecule is Cc1cc(Br)oc1C(=O)N1CCN(CC2CCCCC2)CC1. The van der Waals surface area contributed by atoms with Crippen molar-refractivity contribution in [3.05, 3.63) is 22.1 Å². The maximum absolute atomic E-state index is 12.5. The zero-order valence-corrected chi connectivity index (χ0v) is 14.9. The lowest BCUT2D eigenvalue weighted by Gasteiger charge is -2.37. The summed E-state index contributed by atoms with van der Waals surface area (Å²) in [6.07, 6.45) is 6.99. The zero-order valence-electron chi connectivity index (χ0n) is 13.3. The van der Waals surface area contributed by atoms with Gasteiger partial charge in [0.15, 0.2) is 10.4 Å². The monoisotopic (exact) mass is 368 g/mol. The summed E-state index contributed by atoms with van der Waals surface area (Å²) < 4.78 is 6.12. The topological polar surface area (TPSA) is 36.7 Å². The first kappa shape index (κ1) is 16.1. The van der Waals surface area contributed by atoms with E-state index in [9.17, 15) is 4.79 Å². The van der Waals surface area contributed by atoms with E-state index in [1.165, 1.54) is 38.6 Å². The molecule has 0 atom stereocenters. The highest BCUT2D eigenvalue weighted by Crippen LogP contribution is 2.25. The van der Waals surface area contributed by atoms with Crippen LogP contribution in [0.25, 0.3) is 0 Å². The largest absolute Gasteiger partial charge is 0.444 e. The van der Waals surface area contributed by atoms with Gasteiger partial charge in [-0.25, -0.2) is 0 Å². The van der Waals surface area contributed by atoms with Crippen LogP contribution in [-0.2, 0) is 0 Å². The summed E-state index contributed by atoms with van der Waals surface area (Å²) in [5, 5.41) is 0. The Morgan fingerprint density at radius 1 is 1.23 bits per heavy atom. The van der Waals surface area contributed by atoms with E-state index in [0.717, 1.165) is 37.7 Å². The maximum Gasteiger partial charge on any atom is 0.289 e. The Kier molecular flexibility index (Phi) is 5.24. The number of aryl methyl sites for hydroxylation is 1.